The summed E-state index contributed by atoms with van der Waals surface area (Å²) in [6, 6.07) is -0.941. The minimum absolute atomic E-state index is 0.274. The average Bonchev–Trinajstić information content (AvgIpc) is 2.38. The van der Waals surface area contributed by atoms with Crippen LogP contribution in [0, 0.1) is 0 Å². The number of carboxylic acid groups (broad SMARTS) is 1. The lowest BCUT2D eigenvalue weighted by Gasteiger charge is -2.36. The van der Waals surface area contributed by atoms with Gasteiger partial charge in [0.15, 0.2) is 0 Å². The molecule has 1 saturated heterocycles. The molecule has 1 atom stereocenters. The maximum absolute atomic E-state index is 12.4. The monoisotopic (exact) mass is 292 g/mol. The molecule has 1 heterocycles. The van der Waals surface area contributed by atoms with Crippen LogP contribution >= 0.6 is 0 Å². The zero-order valence-corrected chi connectivity index (χ0v) is 12.7. The lowest BCUT2D eigenvalue weighted by Crippen LogP contribution is -2.57. The van der Waals surface area contributed by atoms with Crippen molar-refractivity contribution in [2.45, 2.75) is 64.5 Å². The van der Waals surface area contributed by atoms with E-state index in [9.17, 15) is 13.2 Å². The highest BCUT2D eigenvalue weighted by molar-refractivity contribution is 7.87. The summed E-state index contributed by atoms with van der Waals surface area (Å²) in [7, 11) is -3.76. The van der Waals surface area contributed by atoms with Gasteiger partial charge in [-0.1, -0.05) is 13.8 Å². The van der Waals surface area contributed by atoms with Gasteiger partial charge in [-0.25, -0.2) is 0 Å². The summed E-state index contributed by atoms with van der Waals surface area (Å²) in [5.74, 6) is -1.07. The molecule has 6 nitrogen and oxygen atoms in total. The molecule has 0 aromatic carbocycles. The molecule has 0 spiro atoms. The fourth-order valence-corrected chi connectivity index (χ4v) is 4.13. The average molecular weight is 292 g/mol. The Bertz CT molecular complexity index is 417. The van der Waals surface area contributed by atoms with E-state index in [1.807, 2.05) is 20.8 Å². The van der Waals surface area contributed by atoms with Gasteiger partial charge in [0.25, 0.3) is 10.2 Å². The minimum Gasteiger partial charge on any atom is -0.480 e. The Morgan fingerprint density at radius 3 is 2.42 bits per heavy atom. The van der Waals surface area contributed by atoms with Gasteiger partial charge in [-0.15, -0.1) is 0 Å². The number of hydrogen-bond donors (Lipinski definition) is 2. The second-order valence-electron chi connectivity index (χ2n) is 5.34. The van der Waals surface area contributed by atoms with E-state index in [2.05, 4.69) is 4.72 Å². The van der Waals surface area contributed by atoms with Gasteiger partial charge >= 0.3 is 5.97 Å². The van der Waals surface area contributed by atoms with Crippen LogP contribution in [0.4, 0.5) is 0 Å². The predicted molar refractivity (Wildman–Crippen MR) is 73.0 cm³/mol. The summed E-state index contributed by atoms with van der Waals surface area (Å²) in [5.41, 5.74) is -0.528. The third-order valence-corrected chi connectivity index (χ3v) is 5.79. The molecular weight excluding hydrogens is 268 g/mol. The first-order chi connectivity index (χ1) is 8.75. The van der Waals surface area contributed by atoms with Crippen molar-refractivity contribution >= 4 is 16.2 Å². The molecule has 19 heavy (non-hydrogen) atoms. The van der Waals surface area contributed by atoms with Crippen LogP contribution in [0.5, 0.6) is 0 Å². The van der Waals surface area contributed by atoms with Crippen molar-refractivity contribution in [2.24, 2.45) is 0 Å². The third kappa shape index (κ3) is 3.90. The van der Waals surface area contributed by atoms with Crippen molar-refractivity contribution in [3.05, 3.63) is 0 Å². The summed E-state index contributed by atoms with van der Waals surface area (Å²) in [6.45, 7) is 5.94. The van der Waals surface area contributed by atoms with Gasteiger partial charge in [-0.05, 0) is 39.0 Å². The highest BCUT2D eigenvalue weighted by atomic mass is 32.2. The molecule has 0 amide bonds. The fraction of sp³-hybridized carbons (Fsp3) is 0.917. The van der Waals surface area contributed by atoms with Gasteiger partial charge in [-0.3, -0.25) is 4.79 Å². The van der Waals surface area contributed by atoms with Crippen LogP contribution < -0.4 is 4.72 Å². The molecule has 7 heteroatoms. The number of aliphatic carboxylic acids is 1. The molecule has 1 rings (SSSR count). The van der Waals surface area contributed by atoms with Gasteiger partial charge in [-0.2, -0.15) is 17.4 Å². The molecule has 0 aliphatic carbocycles. The van der Waals surface area contributed by atoms with Gasteiger partial charge < -0.3 is 5.11 Å². The van der Waals surface area contributed by atoms with E-state index < -0.39 is 27.8 Å². The van der Waals surface area contributed by atoms with Crippen molar-refractivity contribution in [1.82, 2.24) is 9.03 Å². The maximum Gasteiger partial charge on any atom is 0.322 e. The van der Waals surface area contributed by atoms with Crippen LogP contribution in [-0.2, 0) is 15.0 Å². The van der Waals surface area contributed by atoms with Crippen LogP contribution in [-0.4, -0.2) is 41.9 Å². The molecule has 1 unspecified atom stereocenters. The van der Waals surface area contributed by atoms with E-state index in [4.69, 9.17) is 5.11 Å². The van der Waals surface area contributed by atoms with Crippen molar-refractivity contribution in [3.63, 3.8) is 0 Å². The Labute approximate surface area is 115 Å². The van der Waals surface area contributed by atoms with Crippen molar-refractivity contribution in [3.8, 4) is 0 Å². The summed E-state index contributed by atoms with van der Waals surface area (Å²) < 4.78 is 28.5. The van der Waals surface area contributed by atoms with Crippen molar-refractivity contribution < 1.29 is 18.3 Å². The SMILES string of the molecule is CCC(C)(CC)NS(=O)(=O)N1CCCCC1C(=O)O. The van der Waals surface area contributed by atoms with E-state index in [1.54, 1.807) is 0 Å². The van der Waals surface area contributed by atoms with E-state index in [1.165, 1.54) is 0 Å². The highest BCUT2D eigenvalue weighted by Gasteiger charge is 2.39. The predicted octanol–water partition coefficient (Wildman–Crippen LogP) is 1.34. The molecule has 1 aliphatic heterocycles. The Morgan fingerprint density at radius 1 is 1.37 bits per heavy atom. The number of carboxylic acids is 1. The van der Waals surface area contributed by atoms with Gasteiger partial charge in [0.2, 0.25) is 0 Å². The standard InChI is InChI=1S/C12H24N2O4S/c1-4-12(3,5-2)13-19(17,18)14-9-7-6-8-10(14)11(15)16/h10,13H,4-9H2,1-3H3,(H,15,16). The molecule has 0 saturated carbocycles. The van der Waals surface area contributed by atoms with E-state index in [0.29, 0.717) is 25.7 Å². The molecule has 1 aliphatic rings. The molecule has 0 aromatic rings. The minimum atomic E-state index is -3.76. The second kappa shape index (κ2) is 6.19. The number of nitrogens with one attached hydrogen (secondary N) is 1. The molecule has 112 valence electrons. The molecule has 0 aromatic heterocycles. The van der Waals surface area contributed by atoms with Crippen LogP contribution in [0.15, 0.2) is 0 Å². The molecule has 2 N–H and O–H groups in total. The number of carbonyl (C=O) groups is 1. The third-order valence-electron chi connectivity index (χ3n) is 3.98. The normalized spacial score (nSPS) is 22.4. The Balaban J connectivity index is 2.94. The summed E-state index contributed by atoms with van der Waals surface area (Å²) in [4.78, 5) is 11.2. The van der Waals surface area contributed by atoms with Gasteiger partial charge in [0.1, 0.15) is 6.04 Å². The van der Waals surface area contributed by atoms with Crippen molar-refractivity contribution in [1.29, 1.82) is 0 Å². The van der Waals surface area contributed by atoms with Gasteiger partial charge in [0.05, 0.1) is 0 Å². The lowest BCUT2D eigenvalue weighted by molar-refractivity contribution is -0.142. The number of piperidine rings is 1. The molecule has 0 bridgehead atoms. The molecular formula is C12H24N2O4S. The van der Waals surface area contributed by atoms with Crippen LogP contribution in [0.2, 0.25) is 0 Å². The van der Waals surface area contributed by atoms with Crippen LogP contribution in [0.3, 0.4) is 0 Å². The van der Waals surface area contributed by atoms with E-state index in [-0.39, 0.29) is 6.54 Å². The zero-order valence-electron chi connectivity index (χ0n) is 11.8. The largest absolute Gasteiger partial charge is 0.480 e. The summed E-state index contributed by atoms with van der Waals surface area (Å²) in [5, 5.41) is 9.15. The lowest BCUT2D eigenvalue weighted by atomic mass is 9.98. The number of nitrogens with zero attached hydrogens (tertiary/aromatic N) is 1. The topological polar surface area (TPSA) is 86.7 Å². The highest BCUT2D eigenvalue weighted by Crippen LogP contribution is 2.23. The Hall–Kier alpha value is -0.660. The Morgan fingerprint density at radius 2 is 1.95 bits per heavy atom. The summed E-state index contributed by atoms with van der Waals surface area (Å²) >= 11 is 0. The van der Waals surface area contributed by atoms with Gasteiger partial charge in [0, 0.05) is 12.1 Å². The van der Waals surface area contributed by atoms with Crippen LogP contribution in [0.1, 0.15) is 52.9 Å². The second-order valence-corrected chi connectivity index (χ2v) is 6.96. The quantitative estimate of drug-likeness (QED) is 0.773. The fourth-order valence-electron chi connectivity index (χ4n) is 2.20. The maximum atomic E-state index is 12.4. The first-order valence-corrected chi connectivity index (χ1v) is 8.23. The molecule has 0 radical (unpaired) electrons. The first kappa shape index (κ1) is 16.4. The Kier molecular flexibility index (Phi) is 5.34. The van der Waals surface area contributed by atoms with E-state index in [0.717, 1.165) is 10.7 Å². The van der Waals surface area contributed by atoms with Crippen molar-refractivity contribution in [2.75, 3.05) is 6.54 Å². The first-order valence-electron chi connectivity index (χ1n) is 6.79. The zero-order chi connectivity index (χ0) is 14.7. The van der Waals surface area contributed by atoms with E-state index >= 15 is 0 Å². The number of hydrogen-bond acceptors (Lipinski definition) is 3. The van der Waals surface area contributed by atoms with Crippen LogP contribution in [0.25, 0.3) is 0 Å². The number of rotatable bonds is 6. The summed E-state index contributed by atoms with van der Waals surface area (Å²) in [6.07, 6.45) is 3.16. The molecule has 1 fully saturated rings. The smallest absolute Gasteiger partial charge is 0.322 e.